The number of hydrogen-bond donors (Lipinski definition) is 0. The summed E-state index contributed by atoms with van der Waals surface area (Å²) < 4.78 is 5.27. The van der Waals surface area contributed by atoms with Gasteiger partial charge >= 0.3 is 5.97 Å². The molecule has 2 heterocycles. The van der Waals surface area contributed by atoms with Crippen LogP contribution in [0.2, 0.25) is 0 Å². The van der Waals surface area contributed by atoms with Crippen LogP contribution < -0.4 is 4.90 Å². The number of hydrogen-bond acceptors (Lipinski definition) is 5. The number of para-hydroxylation sites is 1. The van der Waals surface area contributed by atoms with E-state index in [2.05, 4.69) is 0 Å². The van der Waals surface area contributed by atoms with E-state index in [0.717, 1.165) is 22.6 Å². The normalized spacial score (nSPS) is 18.5. The van der Waals surface area contributed by atoms with Gasteiger partial charge in [0.15, 0.2) is 6.10 Å². The van der Waals surface area contributed by atoms with Crippen molar-refractivity contribution >= 4 is 29.4 Å². The Labute approximate surface area is 167 Å². The smallest absolute Gasteiger partial charge is 0.326 e. The fourth-order valence-electron chi connectivity index (χ4n) is 3.89. The fourth-order valence-corrected chi connectivity index (χ4v) is 3.89. The molecule has 0 aliphatic carbocycles. The minimum Gasteiger partial charge on any atom is -0.451 e. The van der Waals surface area contributed by atoms with Crippen LogP contribution in [0, 0.1) is 0 Å². The number of ether oxygens (including phenoxy) is 1. The van der Waals surface area contributed by atoms with Gasteiger partial charge in [-0.3, -0.25) is 24.1 Å². The molecule has 7 heteroatoms. The molecule has 0 fully saturated rings. The molecule has 0 radical (unpaired) electrons. The summed E-state index contributed by atoms with van der Waals surface area (Å²) in [5.41, 5.74) is 2.40. The zero-order chi connectivity index (χ0) is 20.7. The number of esters is 1. The second-order valence-electron chi connectivity index (χ2n) is 7.26. The van der Waals surface area contributed by atoms with Crippen molar-refractivity contribution in [1.29, 1.82) is 0 Å². The summed E-state index contributed by atoms with van der Waals surface area (Å²) in [5.74, 6) is -2.22. The number of imide groups is 1. The Kier molecular flexibility index (Phi) is 4.66. The summed E-state index contributed by atoms with van der Waals surface area (Å²) in [6.07, 6.45) is -0.302. The number of carbonyl (C=O) groups excluding carboxylic acids is 4. The van der Waals surface area contributed by atoms with Crippen molar-refractivity contribution in [1.82, 2.24) is 4.90 Å². The largest absolute Gasteiger partial charge is 0.451 e. The maximum absolute atomic E-state index is 12.9. The second kappa shape index (κ2) is 7.16. The van der Waals surface area contributed by atoms with Crippen molar-refractivity contribution in [3.8, 4) is 0 Å². The maximum Gasteiger partial charge on any atom is 0.326 e. The van der Waals surface area contributed by atoms with Gasteiger partial charge in [-0.25, -0.2) is 0 Å². The van der Waals surface area contributed by atoms with Crippen molar-refractivity contribution in [3.63, 3.8) is 0 Å². The van der Waals surface area contributed by atoms with Crippen molar-refractivity contribution in [2.75, 3.05) is 11.4 Å². The summed E-state index contributed by atoms with van der Waals surface area (Å²) in [7, 11) is 0. The monoisotopic (exact) mass is 392 g/mol. The summed E-state index contributed by atoms with van der Waals surface area (Å²) in [6, 6.07) is 14.0. The highest BCUT2D eigenvalue weighted by Gasteiger charge is 2.38. The molecule has 7 nitrogen and oxygen atoms in total. The van der Waals surface area contributed by atoms with Gasteiger partial charge in [-0.1, -0.05) is 30.3 Å². The zero-order valence-electron chi connectivity index (χ0n) is 16.1. The Morgan fingerprint density at radius 2 is 1.62 bits per heavy atom. The van der Waals surface area contributed by atoms with Gasteiger partial charge in [0.1, 0.15) is 6.54 Å². The molecule has 3 amide bonds. The van der Waals surface area contributed by atoms with Crippen LogP contribution in [0.4, 0.5) is 5.69 Å². The van der Waals surface area contributed by atoms with Gasteiger partial charge in [-0.2, -0.15) is 0 Å². The molecule has 0 unspecified atom stereocenters. The van der Waals surface area contributed by atoms with E-state index in [1.54, 1.807) is 29.2 Å². The van der Waals surface area contributed by atoms with E-state index in [-0.39, 0.29) is 23.1 Å². The third-order valence-corrected chi connectivity index (χ3v) is 5.27. The van der Waals surface area contributed by atoms with Crippen LogP contribution in [0.15, 0.2) is 48.5 Å². The summed E-state index contributed by atoms with van der Waals surface area (Å²) in [5, 5.41) is 0. The lowest BCUT2D eigenvalue weighted by Crippen LogP contribution is -2.44. The molecule has 2 aliphatic heterocycles. The van der Waals surface area contributed by atoms with E-state index in [1.807, 2.05) is 31.2 Å². The maximum atomic E-state index is 12.9. The molecular weight excluding hydrogens is 372 g/mol. The van der Waals surface area contributed by atoms with Crippen LogP contribution in [0.25, 0.3) is 0 Å². The van der Waals surface area contributed by atoms with Crippen LogP contribution in [0.5, 0.6) is 0 Å². The molecule has 0 saturated carbocycles. The predicted molar refractivity (Wildman–Crippen MR) is 104 cm³/mol. The van der Waals surface area contributed by atoms with Crippen LogP contribution in [0.1, 0.15) is 40.1 Å². The topological polar surface area (TPSA) is 84.0 Å². The summed E-state index contributed by atoms with van der Waals surface area (Å²) in [6.45, 7) is 2.90. The van der Waals surface area contributed by atoms with E-state index in [1.165, 1.54) is 6.92 Å². The predicted octanol–water partition coefficient (Wildman–Crippen LogP) is 2.19. The molecule has 0 aromatic heterocycles. The Morgan fingerprint density at radius 1 is 1.03 bits per heavy atom. The molecule has 0 spiro atoms. The minimum absolute atomic E-state index is 0.0442. The van der Waals surface area contributed by atoms with E-state index in [9.17, 15) is 19.2 Å². The SMILES string of the molecule is C[C@@H]1Cc2ccccc2N1C(=O)[C@@H](C)OC(=O)CN1C(=O)c2ccccc2C1=O. The first kappa shape index (κ1) is 18.9. The standard InChI is InChI=1S/C22H20N2O5/c1-13-11-15-7-3-6-10-18(15)24(13)20(26)14(2)29-19(25)12-23-21(27)16-8-4-5-9-17(16)22(23)28/h3-10,13-14H,11-12H2,1-2H3/t13-,14-/m1/s1. The minimum atomic E-state index is -1.04. The fraction of sp³-hybridized carbons (Fsp3) is 0.273. The lowest BCUT2D eigenvalue weighted by atomic mass is 10.1. The van der Waals surface area contributed by atoms with Crippen LogP contribution in [-0.4, -0.2) is 47.3 Å². The highest BCUT2D eigenvalue weighted by Crippen LogP contribution is 2.32. The van der Waals surface area contributed by atoms with Crippen LogP contribution in [-0.2, 0) is 20.7 Å². The number of carbonyl (C=O) groups is 4. The molecule has 2 aromatic carbocycles. The number of anilines is 1. The van der Waals surface area contributed by atoms with Crippen molar-refractivity contribution in [2.45, 2.75) is 32.4 Å². The molecule has 4 rings (SSSR count). The van der Waals surface area contributed by atoms with Gasteiger partial charge in [0.2, 0.25) is 0 Å². The van der Waals surface area contributed by atoms with Crippen molar-refractivity contribution in [3.05, 3.63) is 65.2 Å². The van der Waals surface area contributed by atoms with Crippen LogP contribution >= 0.6 is 0 Å². The lowest BCUT2D eigenvalue weighted by Gasteiger charge is -2.26. The molecule has 2 aliphatic rings. The first-order chi connectivity index (χ1) is 13.9. The molecule has 0 saturated heterocycles. The molecule has 2 aromatic rings. The second-order valence-corrected chi connectivity index (χ2v) is 7.26. The van der Waals surface area contributed by atoms with E-state index in [0.29, 0.717) is 0 Å². The van der Waals surface area contributed by atoms with Crippen molar-refractivity contribution in [2.24, 2.45) is 0 Å². The third kappa shape index (κ3) is 3.18. The number of rotatable bonds is 4. The molecule has 2 atom stereocenters. The first-order valence-corrected chi connectivity index (χ1v) is 9.44. The Morgan fingerprint density at radius 3 is 2.28 bits per heavy atom. The van der Waals surface area contributed by atoms with Crippen LogP contribution in [0.3, 0.4) is 0 Å². The quantitative estimate of drug-likeness (QED) is 0.588. The third-order valence-electron chi connectivity index (χ3n) is 5.27. The van der Waals surface area contributed by atoms with E-state index in [4.69, 9.17) is 4.74 Å². The average molecular weight is 392 g/mol. The van der Waals surface area contributed by atoms with E-state index < -0.39 is 30.4 Å². The highest BCUT2D eigenvalue weighted by molar-refractivity contribution is 6.22. The molecular formula is C22H20N2O5. The zero-order valence-corrected chi connectivity index (χ0v) is 16.1. The van der Waals surface area contributed by atoms with Gasteiger partial charge in [0.05, 0.1) is 11.1 Å². The Hall–Kier alpha value is -3.48. The molecule has 0 N–H and O–H groups in total. The van der Waals surface area contributed by atoms with Gasteiger partial charge < -0.3 is 9.64 Å². The molecule has 0 bridgehead atoms. The Balaban J connectivity index is 1.42. The van der Waals surface area contributed by atoms with E-state index >= 15 is 0 Å². The number of fused-ring (bicyclic) bond motifs is 2. The van der Waals surface area contributed by atoms with Crippen molar-refractivity contribution < 1.29 is 23.9 Å². The lowest BCUT2D eigenvalue weighted by molar-refractivity contribution is -0.154. The summed E-state index contributed by atoms with van der Waals surface area (Å²) in [4.78, 5) is 52.5. The number of nitrogens with zero attached hydrogens (tertiary/aromatic N) is 2. The van der Waals surface area contributed by atoms with Gasteiger partial charge in [-0.05, 0) is 44.0 Å². The summed E-state index contributed by atoms with van der Waals surface area (Å²) >= 11 is 0. The number of benzene rings is 2. The average Bonchev–Trinajstić information content (AvgIpc) is 3.16. The Bertz CT molecular complexity index is 996. The highest BCUT2D eigenvalue weighted by atomic mass is 16.5. The molecule has 148 valence electrons. The number of amides is 3. The van der Waals surface area contributed by atoms with Gasteiger partial charge in [0, 0.05) is 11.7 Å². The van der Waals surface area contributed by atoms with Gasteiger partial charge in [-0.15, -0.1) is 0 Å². The first-order valence-electron chi connectivity index (χ1n) is 9.44. The molecule has 29 heavy (non-hydrogen) atoms. The van der Waals surface area contributed by atoms with Gasteiger partial charge in [0.25, 0.3) is 17.7 Å².